The molecule has 1 saturated heterocycles. The molecule has 1 aromatic heterocycles. The third-order valence-electron chi connectivity index (χ3n) is 5.05. The molecule has 0 N–H and O–H groups in total. The average molecular weight is 415 g/mol. The zero-order chi connectivity index (χ0) is 21.8. The molecule has 0 unspecified atom stereocenters. The van der Waals surface area contributed by atoms with E-state index in [4.69, 9.17) is 14.2 Å². The van der Waals surface area contributed by atoms with E-state index in [1.54, 1.807) is 12.1 Å². The molecule has 9 nitrogen and oxygen atoms in total. The Kier molecular flexibility index (Phi) is 6.49. The summed E-state index contributed by atoms with van der Waals surface area (Å²) in [6.07, 6.45) is 0. The number of rotatable bonds is 6. The highest BCUT2D eigenvalue weighted by molar-refractivity contribution is 5.95. The van der Waals surface area contributed by atoms with E-state index in [1.807, 2.05) is 36.9 Å². The van der Waals surface area contributed by atoms with Crippen LogP contribution in [-0.2, 0) is 0 Å². The zero-order valence-corrected chi connectivity index (χ0v) is 18.4. The number of methoxy groups -OCH3 is 3. The molecule has 0 bridgehead atoms. The summed E-state index contributed by atoms with van der Waals surface area (Å²) in [5.41, 5.74) is 1.42. The Morgan fingerprint density at radius 1 is 0.933 bits per heavy atom. The van der Waals surface area contributed by atoms with Crippen LogP contribution >= 0.6 is 0 Å². The molecule has 0 spiro atoms. The van der Waals surface area contributed by atoms with Gasteiger partial charge in [0.25, 0.3) is 5.91 Å². The summed E-state index contributed by atoms with van der Waals surface area (Å²) in [5.74, 6) is 2.88. The van der Waals surface area contributed by atoms with Gasteiger partial charge < -0.3 is 28.9 Å². The second-order valence-electron chi connectivity index (χ2n) is 7.26. The lowest BCUT2D eigenvalue weighted by Gasteiger charge is -2.35. The van der Waals surface area contributed by atoms with Crippen molar-refractivity contribution in [3.63, 3.8) is 0 Å². The van der Waals surface area contributed by atoms with Crippen LogP contribution in [0.4, 0.5) is 11.8 Å². The fourth-order valence-electron chi connectivity index (χ4n) is 3.40. The molecular weight excluding hydrogens is 386 g/mol. The van der Waals surface area contributed by atoms with Crippen LogP contribution in [0.25, 0.3) is 0 Å². The smallest absolute Gasteiger partial charge is 0.254 e. The van der Waals surface area contributed by atoms with E-state index in [0.717, 1.165) is 11.5 Å². The molecule has 0 aliphatic carbocycles. The Balaban J connectivity index is 1.75. The van der Waals surface area contributed by atoms with Gasteiger partial charge in [0.15, 0.2) is 11.5 Å². The van der Waals surface area contributed by atoms with Crippen molar-refractivity contribution < 1.29 is 19.0 Å². The van der Waals surface area contributed by atoms with Crippen molar-refractivity contribution in [2.45, 2.75) is 6.92 Å². The summed E-state index contributed by atoms with van der Waals surface area (Å²) in [7, 11) is 8.53. The maximum absolute atomic E-state index is 13.1. The van der Waals surface area contributed by atoms with Crippen LogP contribution in [0.2, 0.25) is 0 Å². The first-order chi connectivity index (χ1) is 14.4. The number of piperazine rings is 1. The van der Waals surface area contributed by atoms with Gasteiger partial charge in [-0.2, -0.15) is 4.98 Å². The number of aryl methyl sites for hydroxylation is 1. The van der Waals surface area contributed by atoms with Crippen molar-refractivity contribution in [1.82, 2.24) is 14.9 Å². The Morgan fingerprint density at radius 2 is 1.53 bits per heavy atom. The second-order valence-corrected chi connectivity index (χ2v) is 7.26. The molecule has 0 saturated carbocycles. The lowest BCUT2D eigenvalue weighted by atomic mass is 10.1. The third kappa shape index (κ3) is 4.34. The van der Waals surface area contributed by atoms with Gasteiger partial charge in [0.1, 0.15) is 5.82 Å². The Bertz CT molecular complexity index is 885. The molecule has 1 aliphatic heterocycles. The lowest BCUT2D eigenvalue weighted by Crippen LogP contribution is -2.49. The molecule has 30 heavy (non-hydrogen) atoms. The van der Waals surface area contributed by atoms with E-state index in [9.17, 15) is 4.79 Å². The minimum Gasteiger partial charge on any atom is -0.493 e. The monoisotopic (exact) mass is 415 g/mol. The molecule has 2 aromatic rings. The Morgan fingerprint density at radius 3 is 2.03 bits per heavy atom. The van der Waals surface area contributed by atoms with E-state index in [0.29, 0.717) is 54.9 Å². The van der Waals surface area contributed by atoms with Crippen LogP contribution in [0.5, 0.6) is 17.2 Å². The maximum atomic E-state index is 13.1. The first-order valence-corrected chi connectivity index (χ1v) is 9.75. The summed E-state index contributed by atoms with van der Waals surface area (Å²) in [6.45, 7) is 4.43. The van der Waals surface area contributed by atoms with Crippen molar-refractivity contribution >= 4 is 17.7 Å². The van der Waals surface area contributed by atoms with Gasteiger partial charge in [0, 0.05) is 57.6 Å². The number of nitrogens with zero attached hydrogens (tertiary/aromatic N) is 5. The number of hydrogen-bond donors (Lipinski definition) is 0. The van der Waals surface area contributed by atoms with E-state index in [2.05, 4.69) is 14.9 Å². The normalized spacial score (nSPS) is 13.8. The second kappa shape index (κ2) is 9.06. The maximum Gasteiger partial charge on any atom is 0.254 e. The Labute approximate surface area is 177 Å². The van der Waals surface area contributed by atoms with Crippen LogP contribution < -0.4 is 24.0 Å². The van der Waals surface area contributed by atoms with Gasteiger partial charge in [-0.05, 0) is 19.1 Å². The first-order valence-electron chi connectivity index (χ1n) is 9.75. The fraction of sp³-hybridized carbons (Fsp3) is 0.476. The summed E-state index contributed by atoms with van der Waals surface area (Å²) in [5, 5.41) is 0. The van der Waals surface area contributed by atoms with Crippen molar-refractivity contribution in [2.24, 2.45) is 0 Å². The minimum atomic E-state index is -0.0759. The molecule has 3 rings (SSSR count). The van der Waals surface area contributed by atoms with Crippen LogP contribution in [0.15, 0.2) is 18.2 Å². The van der Waals surface area contributed by atoms with Gasteiger partial charge in [0.2, 0.25) is 11.7 Å². The number of carbonyl (C=O) groups excluding carboxylic acids is 1. The molecule has 1 fully saturated rings. The Hall–Kier alpha value is -3.23. The molecule has 0 radical (unpaired) electrons. The summed E-state index contributed by atoms with van der Waals surface area (Å²) in [4.78, 5) is 28.2. The fourth-order valence-corrected chi connectivity index (χ4v) is 3.40. The molecule has 2 heterocycles. The van der Waals surface area contributed by atoms with E-state index in [-0.39, 0.29) is 5.91 Å². The van der Waals surface area contributed by atoms with Crippen LogP contribution in [0.3, 0.4) is 0 Å². The van der Waals surface area contributed by atoms with E-state index < -0.39 is 0 Å². The SMILES string of the molecule is COc1cc(C(=O)N2CCN(c3nc(C)cc(N(C)C)n3)CC2)cc(OC)c1OC. The molecule has 1 amide bonds. The third-order valence-corrected chi connectivity index (χ3v) is 5.05. The average Bonchev–Trinajstić information content (AvgIpc) is 2.77. The van der Waals surface area contributed by atoms with E-state index in [1.165, 1.54) is 21.3 Å². The number of ether oxygens (including phenoxy) is 3. The number of benzene rings is 1. The standard InChI is InChI=1S/C21H29N5O4/c1-14-11-18(24(2)3)23-21(22-14)26-9-7-25(8-10-26)20(27)15-12-16(28-4)19(30-6)17(13-15)29-5/h11-13H,7-10H2,1-6H3. The van der Waals surface area contributed by atoms with Crippen molar-refractivity contribution in [1.29, 1.82) is 0 Å². The first kappa shape index (κ1) is 21.5. The number of anilines is 2. The van der Waals surface area contributed by atoms with Crippen LogP contribution in [-0.4, -0.2) is 82.4 Å². The lowest BCUT2D eigenvalue weighted by molar-refractivity contribution is 0.0745. The van der Waals surface area contributed by atoms with Crippen molar-refractivity contribution in [3.8, 4) is 17.2 Å². The quantitative estimate of drug-likeness (QED) is 0.707. The van der Waals surface area contributed by atoms with Gasteiger partial charge in [0.05, 0.1) is 21.3 Å². The largest absolute Gasteiger partial charge is 0.493 e. The van der Waals surface area contributed by atoms with Crippen LogP contribution in [0.1, 0.15) is 16.1 Å². The summed E-state index contributed by atoms with van der Waals surface area (Å²) < 4.78 is 16.1. The van der Waals surface area contributed by atoms with Gasteiger partial charge in [-0.15, -0.1) is 0 Å². The van der Waals surface area contributed by atoms with Gasteiger partial charge >= 0.3 is 0 Å². The molecule has 1 aromatic carbocycles. The van der Waals surface area contributed by atoms with Crippen LogP contribution in [0, 0.1) is 6.92 Å². The molecule has 1 aliphatic rings. The van der Waals surface area contributed by atoms with Crippen molar-refractivity contribution in [2.75, 3.05) is 71.4 Å². The predicted molar refractivity (Wildman–Crippen MR) is 115 cm³/mol. The number of aromatic nitrogens is 2. The molecule has 9 heteroatoms. The highest BCUT2D eigenvalue weighted by Gasteiger charge is 2.26. The predicted octanol–water partition coefficient (Wildman–Crippen LogP) is 1.84. The van der Waals surface area contributed by atoms with Gasteiger partial charge in [-0.1, -0.05) is 0 Å². The van der Waals surface area contributed by atoms with E-state index >= 15 is 0 Å². The number of carbonyl (C=O) groups is 1. The van der Waals surface area contributed by atoms with Gasteiger partial charge in [-0.25, -0.2) is 4.98 Å². The number of amides is 1. The minimum absolute atomic E-state index is 0.0759. The molecule has 0 atom stereocenters. The summed E-state index contributed by atoms with van der Waals surface area (Å²) >= 11 is 0. The molecule has 162 valence electrons. The van der Waals surface area contributed by atoms with Gasteiger partial charge in [-0.3, -0.25) is 4.79 Å². The number of hydrogen-bond acceptors (Lipinski definition) is 8. The highest BCUT2D eigenvalue weighted by Crippen LogP contribution is 2.38. The molecular formula is C21H29N5O4. The summed E-state index contributed by atoms with van der Waals surface area (Å²) in [6, 6.07) is 5.32. The topological polar surface area (TPSA) is 80.3 Å². The highest BCUT2D eigenvalue weighted by atomic mass is 16.5. The zero-order valence-electron chi connectivity index (χ0n) is 18.4. The van der Waals surface area contributed by atoms with Crippen molar-refractivity contribution in [3.05, 3.63) is 29.5 Å².